The van der Waals surface area contributed by atoms with Gasteiger partial charge in [0.05, 0.1) is 7.11 Å². The third-order valence-electron chi connectivity index (χ3n) is 3.06. The second kappa shape index (κ2) is 8.95. The van der Waals surface area contributed by atoms with Crippen molar-refractivity contribution in [3.8, 4) is 5.75 Å². The summed E-state index contributed by atoms with van der Waals surface area (Å²) in [6, 6.07) is 8.42. The Hall–Kier alpha value is -1.06. The maximum absolute atomic E-state index is 5.62. The van der Waals surface area contributed by atoms with Gasteiger partial charge in [0.2, 0.25) is 0 Å². The minimum absolute atomic E-state index is 0.280. The van der Waals surface area contributed by atoms with Gasteiger partial charge in [0.25, 0.3) is 0 Å². The number of para-hydroxylation sites is 1. The molecule has 0 spiro atoms. The minimum atomic E-state index is 0.280. The molecule has 0 aliphatic rings. The summed E-state index contributed by atoms with van der Waals surface area (Å²) in [5.74, 6) is 0.936. The lowest BCUT2D eigenvalue weighted by atomic mass is 10.0. The molecule has 1 aromatic carbocycles. The summed E-state index contributed by atoms with van der Waals surface area (Å²) >= 11 is 0. The molecule has 3 heteroatoms. The fourth-order valence-corrected chi connectivity index (χ4v) is 1.96. The Labute approximate surface area is 110 Å². The maximum atomic E-state index is 5.62. The molecule has 0 aliphatic heterocycles. The summed E-state index contributed by atoms with van der Waals surface area (Å²) in [7, 11) is 3.69. The summed E-state index contributed by atoms with van der Waals surface area (Å²) < 4.78 is 11.0. The standard InChI is InChI=1S/C15H25NO2/c1-4-5-11-18-12-10-14(16-2)13-8-6-7-9-15(13)17-3/h6-9,14,16H,4-5,10-12H2,1-3H3. The Bertz CT molecular complexity index is 328. The van der Waals surface area contributed by atoms with E-state index in [2.05, 4.69) is 18.3 Å². The van der Waals surface area contributed by atoms with Crippen LogP contribution >= 0.6 is 0 Å². The predicted octanol–water partition coefficient (Wildman–Crippen LogP) is 3.16. The first-order chi connectivity index (χ1) is 8.83. The lowest BCUT2D eigenvalue weighted by Gasteiger charge is -2.19. The summed E-state index contributed by atoms with van der Waals surface area (Å²) in [4.78, 5) is 0. The highest BCUT2D eigenvalue weighted by molar-refractivity contribution is 5.35. The van der Waals surface area contributed by atoms with Crippen LogP contribution in [0.15, 0.2) is 24.3 Å². The highest BCUT2D eigenvalue weighted by Crippen LogP contribution is 2.26. The molecular formula is C15H25NO2. The Kier molecular flexibility index (Phi) is 7.46. The Morgan fingerprint density at radius 1 is 1.22 bits per heavy atom. The van der Waals surface area contributed by atoms with Gasteiger partial charge in [-0.15, -0.1) is 0 Å². The van der Waals surface area contributed by atoms with E-state index in [1.807, 2.05) is 25.2 Å². The predicted molar refractivity (Wildman–Crippen MR) is 75.1 cm³/mol. The molecule has 102 valence electrons. The van der Waals surface area contributed by atoms with Crippen LogP contribution in [0.3, 0.4) is 0 Å². The van der Waals surface area contributed by atoms with Gasteiger partial charge in [0.1, 0.15) is 5.75 Å². The number of ether oxygens (including phenoxy) is 2. The molecule has 1 aromatic rings. The first kappa shape index (κ1) is 15.0. The second-order valence-electron chi connectivity index (χ2n) is 4.34. The van der Waals surface area contributed by atoms with Crippen molar-refractivity contribution in [3.63, 3.8) is 0 Å². The van der Waals surface area contributed by atoms with Crippen molar-refractivity contribution < 1.29 is 9.47 Å². The molecule has 1 unspecified atom stereocenters. The normalized spacial score (nSPS) is 12.4. The van der Waals surface area contributed by atoms with Crippen molar-refractivity contribution in [1.29, 1.82) is 0 Å². The average Bonchev–Trinajstić information content (AvgIpc) is 2.43. The Balaban J connectivity index is 2.49. The maximum Gasteiger partial charge on any atom is 0.123 e. The van der Waals surface area contributed by atoms with E-state index in [-0.39, 0.29) is 6.04 Å². The monoisotopic (exact) mass is 251 g/mol. The van der Waals surface area contributed by atoms with Gasteiger partial charge < -0.3 is 14.8 Å². The minimum Gasteiger partial charge on any atom is -0.496 e. The second-order valence-corrected chi connectivity index (χ2v) is 4.34. The van der Waals surface area contributed by atoms with E-state index in [9.17, 15) is 0 Å². The molecule has 1 atom stereocenters. The molecule has 1 N–H and O–H groups in total. The van der Waals surface area contributed by atoms with E-state index in [1.165, 1.54) is 12.0 Å². The number of methoxy groups -OCH3 is 1. The van der Waals surface area contributed by atoms with E-state index in [0.29, 0.717) is 0 Å². The first-order valence-electron chi connectivity index (χ1n) is 6.71. The molecule has 18 heavy (non-hydrogen) atoms. The highest BCUT2D eigenvalue weighted by atomic mass is 16.5. The molecule has 0 fully saturated rings. The summed E-state index contributed by atoms with van der Waals surface area (Å²) in [6.07, 6.45) is 3.28. The first-order valence-corrected chi connectivity index (χ1v) is 6.71. The van der Waals surface area contributed by atoms with Crippen LogP contribution in [0.1, 0.15) is 37.8 Å². The molecule has 0 saturated heterocycles. The van der Waals surface area contributed by atoms with Crippen molar-refractivity contribution in [1.82, 2.24) is 5.32 Å². The van der Waals surface area contributed by atoms with Gasteiger partial charge in [-0.2, -0.15) is 0 Å². The van der Waals surface area contributed by atoms with Crippen LogP contribution in [0.5, 0.6) is 5.75 Å². The quantitative estimate of drug-likeness (QED) is 0.684. The van der Waals surface area contributed by atoms with Crippen LogP contribution in [0.25, 0.3) is 0 Å². The number of hydrogen-bond acceptors (Lipinski definition) is 3. The van der Waals surface area contributed by atoms with E-state index in [1.54, 1.807) is 7.11 Å². The average molecular weight is 251 g/mol. The fraction of sp³-hybridized carbons (Fsp3) is 0.600. The van der Waals surface area contributed by atoms with Crippen LogP contribution < -0.4 is 10.1 Å². The highest BCUT2D eigenvalue weighted by Gasteiger charge is 2.13. The molecule has 0 aliphatic carbocycles. The van der Waals surface area contributed by atoms with Crippen molar-refractivity contribution in [2.75, 3.05) is 27.4 Å². The molecule has 1 rings (SSSR count). The SMILES string of the molecule is CCCCOCCC(NC)c1ccccc1OC. The number of nitrogens with one attached hydrogen (secondary N) is 1. The number of benzene rings is 1. The number of rotatable bonds is 9. The largest absolute Gasteiger partial charge is 0.496 e. The molecule has 0 aromatic heterocycles. The molecule has 0 amide bonds. The van der Waals surface area contributed by atoms with Crippen molar-refractivity contribution in [2.24, 2.45) is 0 Å². The topological polar surface area (TPSA) is 30.5 Å². The van der Waals surface area contributed by atoms with Gasteiger partial charge in [-0.05, 0) is 26.0 Å². The van der Waals surface area contributed by atoms with Gasteiger partial charge in [0, 0.05) is 24.8 Å². The smallest absolute Gasteiger partial charge is 0.123 e. The van der Waals surface area contributed by atoms with Crippen LogP contribution in [0, 0.1) is 0 Å². The summed E-state index contributed by atoms with van der Waals surface area (Å²) in [6.45, 7) is 3.82. The van der Waals surface area contributed by atoms with Crippen molar-refractivity contribution in [2.45, 2.75) is 32.2 Å². The summed E-state index contributed by atoms with van der Waals surface area (Å²) in [5, 5.41) is 3.32. The molecular weight excluding hydrogens is 226 g/mol. The van der Waals surface area contributed by atoms with E-state index in [4.69, 9.17) is 9.47 Å². The van der Waals surface area contributed by atoms with Crippen LogP contribution in [0.4, 0.5) is 0 Å². The van der Waals surface area contributed by atoms with Gasteiger partial charge in [-0.25, -0.2) is 0 Å². The number of unbranched alkanes of at least 4 members (excludes halogenated alkanes) is 1. The zero-order valence-electron chi connectivity index (χ0n) is 11.7. The van der Waals surface area contributed by atoms with Crippen LogP contribution in [-0.4, -0.2) is 27.4 Å². The molecule has 0 saturated carbocycles. The van der Waals surface area contributed by atoms with Crippen LogP contribution in [-0.2, 0) is 4.74 Å². The lowest BCUT2D eigenvalue weighted by Crippen LogP contribution is -2.19. The summed E-state index contributed by atoms with van der Waals surface area (Å²) in [5.41, 5.74) is 1.20. The molecule has 0 bridgehead atoms. The van der Waals surface area contributed by atoms with E-state index in [0.717, 1.165) is 31.8 Å². The third-order valence-corrected chi connectivity index (χ3v) is 3.06. The van der Waals surface area contributed by atoms with Gasteiger partial charge in [-0.3, -0.25) is 0 Å². The molecule has 0 heterocycles. The van der Waals surface area contributed by atoms with Crippen molar-refractivity contribution >= 4 is 0 Å². The van der Waals surface area contributed by atoms with E-state index >= 15 is 0 Å². The lowest BCUT2D eigenvalue weighted by molar-refractivity contribution is 0.122. The Morgan fingerprint density at radius 2 is 2.00 bits per heavy atom. The number of hydrogen-bond donors (Lipinski definition) is 1. The molecule has 3 nitrogen and oxygen atoms in total. The zero-order valence-corrected chi connectivity index (χ0v) is 11.7. The van der Waals surface area contributed by atoms with Gasteiger partial charge >= 0.3 is 0 Å². The van der Waals surface area contributed by atoms with Gasteiger partial charge in [-0.1, -0.05) is 31.5 Å². The fourth-order valence-electron chi connectivity index (χ4n) is 1.96. The Morgan fingerprint density at radius 3 is 2.67 bits per heavy atom. The third kappa shape index (κ3) is 4.67. The molecule has 0 radical (unpaired) electrons. The van der Waals surface area contributed by atoms with Crippen molar-refractivity contribution in [3.05, 3.63) is 29.8 Å². The van der Waals surface area contributed by atoms with Gasteiger partial charge in [0.15, 0.2) is 0 Å². The van der Waals surface area contributed by atoms with E-state index < -0.39 is 0 Å². The van der Waals surface area contributed by atoms with Crippen LogP contribution in [0.2, 0.25) is 0 Å². The zero-order chi connectivity index (χ0) is 13.2.